The second kappa shape index (κ2) is 5.05. The number of carbonyl (C=O) groups is 1. The Labute approximate surface area is 116 Å². The molecule has 1 aromatic carbocycles. The lowest BCUT2D eigenvalue weighted by molar-refractivity contribution is -0.119. The van der Waals surface area contributed by atoms with Gasteiger partial charge in [0.15, 0.2) is 0 Å². The summed E-state index contributed by atoms with van der Waals surface area (Å²) in [6, 6.07) is 7.81. The second-order valence-electron chi connectivity index (χ2n) is 4.68. The lowest BCUT2D eigenvalue weighted by atomic mass is 10.1. The molecule has 2 N–H and O–H groups in total. The van der Waals surface area contributed by atoms with Crippen LogP contribution in [0.4, 0.5) is 5.69 Å². The number of pyridine rings is 1. The van der Waals surface area contributed by atoms with Crippen molar-refractivity contribution < 1.29 is 4.79 Å². The molecule has 1 fully saturated rings. The highest BCUT2D eigenvalue weighted by atomic mass is 35.5. The van der Waals surface area contributed by atoms with E-state index >= 15 is 0 Å². The Hall–Kier alpha value is -1.81. The lowest BCUT2D eigenvalue weighted by Crippen LogP contribution is -2.31. The minimum Gasteiger partial charge on any atom is -0.381 e. The van der Waals surface area contributed by atoms with Crippen molar-refractivity contribution in [2.75, 3.05) is 11.9 Å². The van der Waals surface area contributed by atoms with E-state index in [1.54, 1.807) is 6.20 Å². The first-order valence-electron chi connectivity index (χ1n) is 6.30. The number of nitrogens with zero attached hydrogens (tertiary/aromatic N) is 1. The number of benzene rings is 1. The van der Waals surface area contributed by atoms with Crippen molar-refractivity contribution in [2.24, 2.45) is 0 Å². The Morgan fingerprint density at radius 1 is 1.42 bits per heavy atom. The van der Waals surface area contributed by atoms with E-state index < -0.39 is 0 Å². The summed E-state index contributed by atoms with van der Waals surface area (Å²) in [5.74, 6) is 0.130. The van der Waals surface area contributed by atoms with Gasteiger partial charge in [-0.25, -0.2) is 0 Å². The highest BCUT2D eigenvalue weighted by molar-refractivity contribution is 6.35. The van der Waals surface area contributed by atoms with Crippen molar-refractivity contribution >= 4 is 34.1 Å². The Balaban J connectivity index is 1.81. The molecule has 1 saturated heterocycles. The third kappa shape index (κ3) is 2.49. The molecule has 1 amide bonds. The molecule has 2 heterocycles. The fourth-order valence-corrected chi connectivity index (χ4v) is 2.56. The van der Waals surface area contributed by atoms with Gasteiger partial charge in [0.05, 0.1) is 16.2 Å². The van der Waals surface area contributed by atoms with Crippen molar-refractivity contribution in [1.82, 2.24) is 10.3 Å². The number of aromatic nitrogens is 1. The summed E-state index contributed by atoms with van der Waals surface area (Å²) in [6.07, 6.45) is 3.25. The molecule has 0 saturated carbocycles. The Morgan fingerprint density at radius 3 is 3.11 bits per heavy atom. The summed E-state index contributed by atoms with van der Waals surface area (Å²) < 4.78 is 0. The highest BCUT2D eigenvalue weighted by Gasteiger charge is 2.20. The molecule has 2 aromatic rings. The Kier molecular flexibility index (Phi) is 3.25. The monoisotopic (exact) mass is 275 g/mol. The molecular formula is C14H14ClN3O. The van der Waals surface area contributed by atoms with E-state index in [9.17, 15) is 4.79 Å². The molecule has 1 aromatic heterocycles. The van der Waals surface area contributed by atoms with Gasteiger partial charge in [-0.3, -0.25) is 9.78 Å². The predicted molar refractivity (Wildman–Crippen MR) is 76.4 cm³/mol. The first-order valence-corrected chi connectivity index (χ1v) is 6.68. The molecule has 1 unspecified atom stereocenters. The van der Waals surface area contributed by atoms with E-state index in [4.69, 9.17) is 11.6 Å². The number of fused-ring (bicyclic) bond motifs is 1. The van der Waals surface area contributed by atoms with Crippen molar-refractivity contribution in [3.63, 3.8) is 0 Å². The molecule has 0 spiro atoms. The highest BCUT2D eigenvalue weighted by Crippen LogP contribution is 2.28. The quantitative estimate of drug-likeness (QED) is 0.905. The third-order valence-corrected chi connectivity index (χ3v) is 3.67. The summed E-state index contributed by atoms with van der Waals surface area (Å²) in [5.41, 5.74) is 1.81. The maximum Gasteiger partial charge on any atom is 0.220 e. The van der Waals surface area contributed by atoms with Crippen LogP contribution < -0.4 is 10.6 Å². The first kappa shape index (κ1) is 12.2. The van der Waals surface area contributed by atoms with E-state index in [2.05, 4.69) is 15.6 Å². The topological polar surface area (TPSA) is 54.0 Å². The van der Waals surface area contributed by atoms with Gasteiger partial charge in [0.1, 0.15) is 0 Å². The van der Waals surface area contributed by atoms with Crippen molar-refractivity contribution in [3.8, 4) is 0 Å². The minimum absolute atomic E-state index is 0.130. The van der Waals surface area contributed by atoms with Gasteiger partial charge in [-0.15, -0.1) is 0 Å². The predicted octanol–water partition coefficient (Wildman–Crippen LogP) is 2.58. The van der Waals surface area contributed by atoms with Gasteiger partial charge in [0, 0.05) is 30.6 Å². The van der Waals surface area contributed by atoms with Gasteiger partial charge >= 0.3 is 0 Å². The zero-order chi connectivity index (χ0) is 13.2. The number of carbonyl (C=O) groups excluding carboxylic acids is 1. The summed E-state index contributed by atoms with van der Waals surface area (Å²) in [4.78, 5) is 15.5. The maximum atomic E-state index is 11.2. The Morgan fingerprint density at radius 2 is 2.32 bits per heavy atom. The zero-order valence-corrected chi connectivity index (χ0v) is 11.1. The van der Waals surface area contributed by atoms with E-state index in [-0.39, 0.29) is 11.9 Å². The largest absolute Gasteiger partial charge is 0.381 e. The van der Waals surface area contributed by atoms with Crippen LogP contribution in [0, 0.1) is 0 Å². The number of hydrogen-bond donors (Lipinski definition) is 2. The smallest absolute Gasteiger partial charge is 0.220 e. The number of anilines is 1. The first-order chi connectivity index (χ1) is 9.24. The van der Waals surface area contributed by atoms with Gasteiger partial charge in [-0.2, -0.15) is 0 Å². The normalized spacial score (nSPS) is 18.6. The molecule has 1 aliphatic heterocycles. The van der Waals surface area contributed by atoms with Gasteiger partial charge in [0.2, 0.25) is 5.91 Å². The fourth-order valence-electron chi connectivity index (χ4n) is 2.34. The Bertz CT molecular complexity index is 629. The van der Waals surface area contributed by atoms with Crippen LogP contribution in [-0.4, -0.2) is 23.5 Å². The molecule has 5 heteroatoms. The lowest BCUT2D eigenvalue weighted by Gasteiger charge is -2.14. The molecule has 0 bridgehead atoms. The van der Waals surface area contributed by atoms with Crippen molar-refractivity contribution in [2.45, 2.75) is 18.9 Å². The molecule has 3 rings (SSSR count). The molecule has 4 nitrogen and oxygen atoms in total. The van der Waals surface area contributed by atoms with Crippen molar-refractivity contribution in [1.29, 1.82) is 0 Å². The van der Waals surface area contributed by atoms with Crippen LogP contribution in [0.1, 0.15) is 12.8 Å². The van der Waals surface area contributed by atoms with E-state index in [0.717, 1.165) is 23.0 Å². The number of halogens is 1. The molecule has 98 valence electrons. The fraction of sp³-hybridized carbons (Fsp3) is 0.286. The molecular weight excluding hydrogens is 262 g/mol. The van der Waals surface area contributed by atoms with Gasteiger partial charge < -0.3 is 10.6 Å². The van der Waals surface area contributed by atoms with Crippen LogP contribution in [0.2, 0.25) is 5.02 Å². The van der Waals surface area contributed by atoms with E-state index in [0.29, 0.717) is 18.0 Å². The van der Waals surface area contributed by atoms with Gasteiger partial charge in [0.25, 0.3) is 0 Å². The number of amides is 1. The molecule has 19 heavy (non-hydrogen) atoms. The van der Waals surface area contributed by atoms with Crippen LogP contribution in [-0.2, 0) is 4.79 Å². The van der Waals surface area contributed by atoms with Crippen LogP contribution >= 0.6 is 11.6 Å². The van der Waals surface area contributed by atoms with E-state index in [1.165, 1.54) is 0 Å². The molecule has 1 aliphatic rings. The number of hydrogen-bond acceptors (Lipinski definition) is 3. The zero-order valence-electron chi connectivity index (χ0n) is 10.3. The van der Waals surface area contributed by atoms with E-state index in [1.807, 2.05) is 24.3 Å². The molecule has 0 aliphatic carbocycles. The standard InChI is InChI=1S/C14H14ClN3O/c15-11-4-5-12(14-10(11)2-1-7-16-14)17-8-9-3-6-13(19)18-9/h1-2,4-5,7,9,17H,3,6,8H2,(H,18,19). The van der Waals surface area contributed by atoms with Crippen LogP contribution in [0.25, 0.3) is 10.9 Å². The SMILES string of the molecule is O=C1CCC(CNc2ccc(Cl)c3cccnc23)N1. The van der Waals surface area contributed by atoms with Crippen molar-refractivity contribution in [3.05, 3.63) is 35.5 Å². The summed E-state index contributed by atoms with van der Waals surface area (Å²) >= 11 is 6.15. The van der Waals surface area contributed by atoms with Gasteiger partial charge in [-0.1, -0.05) is 11.6 Å². The number of rotatable bonds is 3. The molecule has 1 atom stereocenters. The average molecular weight is 276 g/mol. The maximum absolute atomic E-state index is 11.2. The minimum atomic E-state index is 0.130. The number of nitrogens with one attached hydrogen (secondary N) is 2. The third-order valence-electron chi connectivity index (χ3n) is 3.34. The molecule has 0 radical (unpaired) electrons. The van der Waals surface area contributed by atoms with Gasteiger partial charge in [-0.05, 0) is 30.7 Å². The van der Waals surface area contributed by atoms with Crippen LogP contribution in [0.3, 0.4) is 0 Å². The average Bonchev–Trinajstić information content (AvgIpc) is 2.84. The summed E-state index contributed by atoms with van der Waals surface area (Å²) in [7, 11) is 0. The second-order valence-corrected chi connectivity index (χ2v) is 5.09. The summed E-state index contributed by atoms with van der Waals surface area (Å²) in [6.45, 7) is 0.707. The van der Waals surface area contributed by atoms with Crippen LogP contribution in [0.15, 0.2) is 30.5 Å². The van der Waals surface area contributed by atoms with Crippen LogP contribution in [0.5, 0.6) is 0 Å². The summed E-state index contributed by atoms with van der Waals surface area (Å²) in [5, 5.41) is 7.91.